The van der Waals surface area contributed by atoms with Gasteiger partial charge in [0.05, 0.1) is 5.02 Å². The SMILES string of the molecule is Clc1c[nH]c2nccnc12. The predicted molar refractivity (Wildman–Crippen MR) is 38.9 cm³/mol. The highest BCUT2D eigenvalue weighted by molar-refractivity contribution is 6.34. The molecule has 0 aliphatic carbocycles. The second-order valence-corrected chi connectivity index (χ2v) is 2.30. The highest BCUT2D eigenvalue weighted by Gasteiger charge is 1.99. The third-order valence-corrected chi connectivity index (χ3v) is 1.55. The van der Waals surface area contributed by atoms with Crippen LogP contribution >= 0.6 is 11.6 Å². The van der Waals surface area contributed by atoms with Gasteiger partial charge < -0.3 is 4.98 Å². The lowest BCUT2D eigenvalue weighted by Gasteiger charge is -1.84. The van der Waals surface area contributed by atoms with E-state index in [0.717, 1.165) is 11.2 Å². The van der Waals surface area contributed by atoms with Crippen LogP contribution in [0.25, 0.3) is 11.2 Å². The number of aromatic amines is 1. The molecule has 0 atom stereocenters. The highest BCUT2D eigenvalue weighted by Crippen LogP contribution is 2.17. The topological polar surface area (TPSA) is 41.6 Å². The number of rotatable bonds is 0. The second-order valence-electron chi connectivity index (χ2n) is 1.89. The molecule has 0 bridgehead atoms. The lowest BCUT2D eigenvalue weighted by atomic mass is 10.5. The highest BCUT2D eigenvalue weighted by atomic mass is 35.5. The summed E-state index contributed by atoms with van der Waals surface area (Å²) < 4.78 is 0. The van der Waals surface area contributed by atoms with Crippen LogP contribution in [0.15, 0.2) is 18.6 Å². The van der Waals surface area contributed by atoms with Gasteiger partial charge in [-0.3, -0.25) is 0 Å². The molecule has 2 rings (SSSR count). The van der Waals surface area contributed by atoms with E-state index in [1.807, 2.05) is 0 Å². The average Bonchev–Trinajstić information content (AvgIpc) is 2.34. The number of H-pyrrole nitrogens is 1. The summed E-state index contributed by atoms with van der Waals surface area (Å²) >= 11 is 5.74. The first-order valence-electron chi connectivity index (χ1n) is 2.81. The Morgan fingerprint density at radius 3 is 2.90 bits per heavy atom. The van der Waals surface area contributed by atoms with Crippen LogP contribution < -0.4 is 0 Å². The van der Waals surface area contributed by atoms with Crippen molar-refractivity contribution in [2.75, 3.05) is 0 Å². The Morgan fingerprint density at radius 2 is 2.10 bits per heavy atom. The normalized spacial score (nSPS) is 10.5. The standard InChI is InChI=1S/C6H4ClN3/c7-4-3-10-6-5(4)8-1-2-9-6/h1-3H,(H,9,10). The lowest BCUT2D eigenvalue weighted by Crippen LogP contribution is -1.76. The number of fused-ring (bicyclic) bond motifs is 1. The van der Waals surface area contributed by atoms with Gasteiger partial charge in [-0.2, -0.15) is 0 Å². The maximum absolute atomic E-state index is 5.74. The number of nitrogens with zero attached hydrogens (tertiary/aromatic N) is 2. The average molecular weight is 154 g/mol. The molecule has 4 heteroatoms. The minimum absolute atomic E-state index is 0.614. The third-order valence-electron chi connectivity index (χ3n) is 1.26. The van der Waals surface area contributed by atoms with Crippen molar-refractivity contribution in [3.05, 3.63) is 23.6 Å². The molecule has 0 fully saturated rings. The molecule has 0 saturated carbocycles. The first-order chi connectivity index (χ1) is 4.88. The van der Waals surface area contributed by atoms with Gasteiger partial charge in [-0.1, -0.05) is 11.6 Å². The summed E-state index contributed by atoms with van der Waals surface area (Å²) in [6.45, 7) is 0. The number of aromatic nitrogens is 3. The molecule has 2 aromatic rings. The van der Waals surface area contributed by atoms with Gasteiger partial charge in [-0.25, -0.2) is 9.97 Å². The minimum atomic E-state index is 0.614. The van der Waals surface area contributed by atoms with Crippen molar-refractivity contribution in [2.45, 2.75) is 0 Å². The summed E-state index contributed by atoms with van der Waals surface area (Å²) in [6.07, 6.45) is 4.91. The Labute approximate surface area is 62.1 Å². The number of hydrogen-bond acceptors (Lipinski definition) is 2. The van der Waals surface area contributed by atoms with E-state index in [4.69, 9.17) is 11.6 Å². The van der Waals surface area contributed by atoms with Crippen LogP contribution in [0.3, 0.4) is 0 Å². The van der Waals surface area contributed by atoms with E-state index < -0.39 is 0 Å². The molecule has 10 heavy (non-hydrogen) atoms. The van der Waals surface area contributed by atoms with Gasteiger partial charge in [0.25, 0.3) is 0 Å². The van der Waals surface area contributed by atoms with Crippen LogP contribution in [0.2, 0.25) is 5.02 Å². The molecular formula is C6H4ClN3. The van der Waals surface area contributed by atoms with Crippen molar-refractivity contribution < 1.29 is 0 Å². The molecule has 1 N–H and O–H groups in total. The van der Waals surface area contributed by atoms with Gasteiger partial charge in [0.1, 0.15) is 5.52 Å². The Balaban J connectivity index is 2.93. The zero-order chi connectivity index (χ0) is 6.97. The number of hydrogen-bond donors (Lipinski definition) is 1. The van der Waals surface area contributed by atoms with Crippen LogP contribution in [0.1, 0.15) is 0 Å². The summed E-state index contributed by atoms with van der Waals surface area (Å²) in [4.78, 5) is 10.9. The third kappa shape index (κ3) is 0.675. The van der Waals surface area contributed by atoms with E-state index in [9.17, 15) is 0 Å². The molecule has 3 nitrogen and oxygen atoms in total. The molecule has 0 radical (unpaired) electrons. The van der Waals surface area contributed by atoms with Crippen molar-refractivity contribution in [3.63, 3.8) is 0 Å². The fourth-order valence-electron chi connectivity index (χ4n) is 0.819. The molecule has 0 saturated heterocycles. The molecule has 0 aliphatic rings. The Morgan fingerprint density at radius 1 is 1.30 bits per heavy atom. The predicted octanol–water partition coefficient (Wildman–Crippen LogP) is 1.61. The van der Waals surface area contributed by atoms with Crippen molar-refractivity contribution >= 4 is 22.8 Å². The van der Waals surface area contributed by atoms with E-state index in [0.29, 0.717) is 5.02 Å². The second kappa shape index (κ2) is 1.95. The van der Waals surface area contributed by atoms with Crippen molar-refractivity contribution in [2.24, 2.45) is 0 Å². The van der Waals surface area contributed by atoms with E-state index in [2.05, 4.69) is 15.0 Å². The lowest BCUT2D eigenvalue weighted by molar-refractivity contribution is 1.26. The van der Waals surface area contributed by atoms with E-state index in [1.54, 1.807) is 18.6 Å². The zero-order valence-corrected chi connectivity index (χ0v) is 5.76. The fraction of sp³-hybridized carbons (Fsp3) is 0. The first kappa shape index (κ1) is 5.68. The molecule has 2 aromatic heterocycles. The molecule has 0 amide bonds. The van der Waals surface area contributed by atoms with Crippen molar-refractivity contribution in [1.29, 1.82) is 0 Å². The number of nitrogens with one attached hydrogen (secondary N) is 1. The Bertz CT molecular complexity index is 355. The maximum atomic E-state index is 5.74. The minimum Gasteiger partial charge on any atom is -0.343 e. The van der Waals surface area contributed by atoms with Gasteiger partial charge in [-0.05, 0) is 0 Å². The monoisotopic (exact) mass is 153 g/mol. The maximum Gasteiger partial charge on any atom is 0.157 e. The smallest absolute Gasteiger partial charge is 0.157 e. The summed E-state index contributed by atoms with van der Waals surface area (Å²) in [5.74, 6) is 0. The van der Waals surface area contributed by atoms with Crippen molar-refractivity contribution in [3.8, 4) is 0 Å². The van der Waals surface area contributed by atoms with Gasteiger partial charge in [0.15, 0.2) is 5.65 Å². The zero-order valence-electron chi connectivity index (χ0n) is 5.00. The molecule has 0 spiro atoms. The summed E-state index contributed by atoms with van der Waals surface area (Å²) in [5.41, 5.74) is 1.46. The number of halogens is 1. The van der Waals surface area contributed by atoms with Crippen LogP contribution in [0.4, 0.5) is 0 Å². The van der Waals surface area contributed by atoms with Crippen LogP contribution in [-0.4, -0.2) is 15.0 Å². The molecule has 0 unspecified atom stereocenters. The Hall–Kier alpha value is -1.09. The summed E-state index contributed by atoms with van der Waals surface area (Å²) in [7, 11) is 0. The van der Waals surface area contributed by atoms with Gasteiger partial charge in [0, 0.05) is 18.6 Å². The van der Waals surface area contributed by atoms with Gasteiger partial charge in [-0.15, -0.1) is 0 Å². The summed E-state index contributed by atoms with van der Waals surface area (Å²) in [5, 5.41) is 0.614. The molecule has 50 valence electrons. The molecule has 2 heterocycles. The summed E-state index contributed by atoms with van der Waals surface area (Å²) in [6, 6.07) is 0. The molecular weight excluding hydrogens is 150 g/mol. The van der Waals surface area contributed by atoms with Crippen LogP contribution in [0, 0.1) is 0 Å². The first-order valence-corrected chi connectivity index (χ1v) is 3.19. The quantitative estimate of drug-likeness (QED) is 0.625. The van der Waals surface area contributed by atoms with Crippen LogP contribution in [0.5, 0.6) is 0 Å². The Kier molecular flexibility index (Phi) is 1.11. The molecule has 0 aliphatic heterocycles. The van der Waals surface area contributed by atoms with Gasteiger partial charge >= 0.3 is 0 Å². The van der Waals surface area contributed by atoms with Gasteiger partial charge in [0.2, 0.25) is 0 Å². The van der Waals surface area contributed by atoms with Crippen molar-refractivity contribution in [1.82, 2.24) is 15.0 Å². The largest absolute Gasteiger partial charge is 0.343 e. The molecule has 0 aromatic carbocycles. The van der Waals surface area contributed by atoms with E-state index in [-0.39, 0.29) is 0 Å². The van der Waals surface area contributed by atoms with E-state index >= 15 is 0 Å². The van der Waals surface area contributed by atoms with Crippen LogP contribution in [-0.2, 0) is 0 Å². The van der Waals surface area contributed by atoms with E-state index in [1.165, 1.54) is 0 Å². The fourth-order valence-corrected chi connectivity index (χ4v) is 1.01.